The molecule has 3 nitrogen and oxygen atoms in total. The van der Waals surface area contributed by atoms with Gasteiger partial charge in [0.2, 0.25) is 5.91 Å². The van der Waals surface area contributed by atoms with Gasteiger partial charge in [-0.1, -0.05) is 0 Å². The fourth-order valence-electron chi connectivity index (χ4n) is 1.30. The zero-order valence-corrected chi connectivity index (χ0v) is 8.30. The highest BCUT2D eigenvalue weighted by molar-refractivity contribution is 7.99. The molecule has 1 saturated heterocycles. The maximum absolute atomic E-state index is 11.5. The summed E-state index contributed by atoms with van der Waals surface area (Å²) in [6.45, 7) is 3.13. The van der Waals surface area contributed by atoms with Crippen molar-refractivity contribution in [2.24, 2.45) is 0 Å². The van der Waals surface area contributed by atoms with Crippen LogP contribution in [0.3, 0.4) is 0 Å². The predicted octanol–water partition coefficient (Wildman–Crippen LogP) is 0.331. The van der Waals surface area contributed by atoms with Crippen LogP contribution in [0.5, 0.6) is 0 Å². The molecule has 0 spiro atoms. The molecule has 1 fully saturated rings. The first-order valence-electron chi connectivity index (χ1n) is 4.14. The number of β-amino-alcohol motifs (C(OH)–C–C–N with tert-alkyl or cyclic N) is 1. The molecule has 1 aliphatic rings. The van der Waals surface area contributed by atoms with Gasteiger partial charge in [-0.2, -0.15) is 11.8 Å². The summed E-state index contributed by atoms with van der Waals surface area (Å²) in [7, 11) is 0. The summed E-state index contributed by atoms with van der Waals surface area (Å²) in [5, 5.41) is 9.23. The van der Waals surface area contributed by atoms with Crippen LogP contribution in [0.2, 0.25) is 0 Å². The monoisotopic (exact) mass is 189 g/mol. The molecule has 1 amide bonds. The average Bonchev–Trinajstić information content (AvgIpc) is 2.49. The lowest BCUT2D eigenvalue weighted by Gasteiger charge is -2.18. The summed E-state index contributed by atoms with van der Waals surface area (Å²) in [5.41, 5.74) is 0. The zero-order valence-electron chi connectivity index (χ0n) is 7.49. The summed E-state index contributed by atoms with van der Waals surface area (Å²) in [5.74, 6) is 0.152. The SMILES string of the molecule is CSC(C)C(=O)N1CC[C@H](O)C1. The van der Waals surface area contributed by atoms with Crippen LogP contribution in [0, 0.1) is 0 Å². The summed E-state index contributed by atoms with van der Waals surface area (Å²) >= 11 is 1.55. The van der Waals surface area contributed by atoms with Crippen molar-refractivity contribution in [2.75, 3.05) is 19.3 Å². The van der Waals surface area contributed by atoms with E-state index in [2.05, 4.69) is 0 Å². The highest BCUT2D eigenvalue weighted by Crippen LogP contribution is 2.15. The summed E-state index contributed by atoms with van der Waals surface area (Å²) in [6, 6.07) is 0. The average molecular weight is 189 g/mol. The van der Waals surface area contributed by atoms with Gasteiger partial charge in [0.25, 0.3) is 0 Å². The van der Waals surface area contributed by atoms with E-state index in [-0.39, 0.29) is 17.3 Å². The molecule has 2 atom stereocenters. The smallest absolute Gasteiger partial charge is 0.235 e. The number of likely N-dealkylation sites (tertiary alicyclic amines) is 1. The number of amides is 1. The molecule has 1 aliphatic heterocycles. The number of nitrogens with zero attached hydrogens (tertiary/aromatic N) is 1. The van der Waals surface area contributed by atoms with Gasteiger partial charge < -0.3 is 10.0 Å². The third-order valence-electron chi connectivity index (χ3n) is 2.18. The van der Waals surface area contributed by atoms with E-state index in [1.54, 1.807) is 16.7 Å². The molecule has 1 N–H and O–H groups in total. The molecule has 0 radical (unpaired) electrons. The Morgan fingerprint density at radius 3 is 2.83 bits per heavy atom. The third kappa shape index (κ3) is 2.14. The van der Waals surface area contributed by atoms with E-state index < -0.39 is 0 Å². The van der Waals surface area contributed by atoms with Gasteiger partial charge in [-0.15, -0.1) is 0 Å². The number of carbonyl (C=O) groups is 1. The fourth-order valence-corrected chi connectivity index (χ4v) is 1.65. The van der Waals surface area contributed by atoms with E-state index in [4.69, 9.17) is 0 Å². The molecule has 4 heteroatoms. The Morgan fingerprint density at radius 2 is 2.42 bits per heavy atom. The van der Waals surface area contributed by atoms with E-state index in [0.717, 1.165) is 6.42 Å². The minimum atomic E-state index is -0.303. The Kier molecular flexibility index (Phi) is 3.40. The number of rotatable bonds is 2. The Hall–Kier alpha value is -0.220. The van der Waals surface area contributed by atoms with Crippen LogP contribution < -0.4 is 0 Å². The van der Waals surface area contributed by atoms with Crippen molar-refractivity contribution in [1.82, 2.24) is 4.90 Å². The summed E-state index contributed by atoms with van der Waals surface area (Å²) in [6.07, 6.45) is 2.35. The molecular formula is C8H15NO2S. The van der Waals surface area contributed by atoms with Crippen LogP contribution >= 0.6 is 11.8 Å². The van der Waals surface area contributed by atoms with Crippen molar-refractivity contribution in [1.29, 1.82) is 0 Å². The van der Waals surface area contributed by atoms with Crippen molar-refractivity contribution < 1.29 is 9.90 Å². The van der Waals surface area contributed by atoms with Crippen LogP contribution in [0.15, 0.2) is 0 Å². The molecular weight excluding hydrogens is 174 g/mol. The molecule has 0 aliphatic carbocycles. The Labute approximate surface area is 77.1 Å². The van der Waals surface area contributed by atoms with Crippen LogP contribution in [0.25, 0.3) is 0 Å². The van der Waals surface area contributed by atoms with Gasteiger partial charge >= 0.3 is 0 Å². The van der Waals surface area contributed by atoms with E-state index >= 15 is 0 Å². The lowest BCUT2D eigenvalue weighted by molar-refractivity contribution is -0.129. The fraction of sp³-hybridized carbons (Fsp3) is 0.875. The van der Waals surface area contributed by atoms with Gasteiger partial charge in [-0.05, 0) is 19.6 Å². The van der Waals surface area contributed by atoms with E-state index in [1.807, 2.05) is 13.2 Å². The Morgan fingerprint density at radius 1 is 1.75 bits per heavy atom. The standard InChI is InChI=1S/C8H15NO2S/c1-6(12-2)8(11)9-4-3-7(10)5-9/h6-7,10H,3-5H2,1-2H3/t6?,7-/m0/s1. The normalized spacial score (nSPS) is 25.9. The molecule has 12 heavy (non-hydrogen) atoms. The second-order valence-corrected chi connectivity index (χ2v) is 4.28. The number of aliphatic hydroxyl groups excluding tert-OH is 1. The van der Waals surface area contributed by atoms with Crippen LogP contribution in [-0.2, 0) is 4.79 Å². The van der Waals surface area contributed by atoms with Crippen LogP contribution in [-0.4, -0.2) is 46.6 Å². The Balaban J connectivity index is 2.43. The topological polar surface area (TPSA) is 40.5 Å². The largest absolute Gasteiger partial charge is 0.391 e. The number of carbonyl (C=O) groups excluding carboxylic acids is 1. The maximum atomic E-state index is 11.5. The molecule has 70 valence electrons. The molecule has 0 aromatic heterocycles. The number of aliphatic hydroxyl groups is 1. The summed E-state index contributed by atoms with van der Waals surface area (Å²) in [4.78, 5) is 13.3. The first kappa shape index (κ1) is 9.86. The quantitative estimate of drug-likeness (QED) is 0.680. The van der Waals surface area contributed by atoms with Crippen LogP contribution in [0.4, 0.5) is 0 Å². The predicted molar refractivity (Wildman–Crippen MR) is 50.2 cm³/mol. The molecule has 0 aromatic carbocycles. The van der Waals surface area contributed by atoms with Crippen molar-refractivity contribution >= 4 is 17.7 Å². The summed E-state index contributed by atoms with van der Waals surface area (Å²) < 4.78 is 0. The van der Waals surface area contributed by atoms with Crippen molar-refractivity contribution in [3.63, 3.8) is 0 Å². The van der Waals surface area contributed by atoms with Crippen LogP contribution in [0.1, 0.15) is 13.3 Å². The minimum Gasteiger partial charge on any atom is -0.391 e. The van der Waals surface area contributed by atoms with Gasteiger partial charge in [0, 0.05) is 13.1 Å². The minimum absolute atomic E-state index is 0.0234. The number of hydrogen-bond donors (Lipinski definition) is 1. The zero-order chi connectivity index (χ0) is 9.14. The molecule has 0 bridgehead atoms. The molecule has 1 unspecified atom stereocenters. The molecule has 1 heterocycles. The highest BCUT2D eigenvalue weighted by Gasteiger charge is 2.27. The molecule has 1 rings (SSSR count). The van der Waals surface area contributed by atoms with E-state index in [1.165, 1.54) is 0 Å². The number of thioether (sulfide) groups is 1. The number of hydrogen-bond acceptors (Lipinski definition) is 3. The van der Waals surface area contributed by atoms with Crippen molar-refractivity contribution in [2.45, 2.75) is 24.7 Å². The van der Waals surface area contributed by atoms with E-state index in [9.17, 15) is 9.90 Å². The second kappa shape index (κ2) is 4.14. The Bertz CT molecular complexity index is 174. The van der Waals surface area contributed by atoms with Crippen molar-refractivity contribution in [3.05, 3.63) is 0 Å². The highest BCUT2D eigenvalue weighted by atomic mass is 32.2. The molecule has 0 saturated carbocycles. The molecule has 0 aromatic rings. The lowest BCUT2D eigenvalue weighted by Crippen LogP contribution is -2.35. The first-order chi connectivity index (χ1) is 5.65. The third-order valence-corrected chi connectivity index (χ3v) is 3.09. The maximum Gasteiger partial charge on any atom is 0.235 e. The van der Waals surface area contributed by atoms with Gasteiger partial charge in [-0.25, -0.2) is 0 Å². The van der Waals surface area contributed by atoms with Gasteiger partial charge in [0.15, 0.2) is 0 Å². The van der Waals surface area contributed by atoms with E-state index in [0.29, 0.717) is 13.1 Å². The lowest BCUT2D eigenvalue weighted by atomic mass is 10.3. The van der Waals surface area contributed by atoms with Gasteiger partial charge in [0.1, 0.15) is 0 Å². The van der Waals surface area contributed by atoms with Crippen molar-refractivity contribution in [3.8, 4) is 0 Å². The first-order valence-corrected chi connectivity index (χ1v) is 5.43. The van der Waals surface area contributed by atoms with Gasteiger partial charge in [-0.3, -0.25) is 4.79 Å². The van der Waals surface area contributed by atoms with Gasteiger partial charge in [0.05, 0.1) is 11.4 Å². The second-order valence-electron chi connectivity index (χ2n) is 3.10.